The first-order valence-corrected chi connectivity index (χ1v) is 5.14. The number of Topliss-reactive ketones (excluding diaryl/α,β-unsaturated/α-hetero) is 1. The Bertz CT molecular complexity index is 434. The third-order valence-corrected chi connectivity index (χ3v) is 2.61. The predicted octanol–water partition coefficient (Wildman–Crippen LogP) is 3.54. The Hall–Kier alpha value is -1.11. The Kier molecular flexibility index (Phi) is 4.13. The predicted molar refractivity (Wildman–Crippen MR) is 56.0 cm³/mol. The summed E-state index contributed by atoms with van der Waals surface area (Å²) in [5.74, 6) is -6.30. The first kappa shape index (κ1) is 14.0. The fourth-order valence-corrected chi connectivity index (χ4v) is 1.64. The van der Waals surface area contributed by atoms with E-state index in [0.29, 0.717) is 5.75 Å². The van der Waals surface area contributed by atoms with Gasteiger partial charge in [0.25, 0.3) is 0 Å². The molecule has 0 N–H and O–H groups in total. The van der Waals surface area contributed by atoms with Crippen LogP contribution >= 0.6 is 15.9 Å². The van der Waals surface area contributed by atoms with Crippen LogP contribution in [-0.4, -0.2) is 25.2 Å². The summed E-state index contributed by atoms with van der Waals surface area (Å²) in [6.07, 6.45) is -4.03. The molecule has 0 fully saturated rings. The van der Waals surface area contributed by atoms with Crippen LogP contribution in [0.2, 0.25) is 0 Å². The molecule has 0 aliphatic heterocycles. The van der Waals surface area contributed by atoms with E-state index in [1.807, 2.05) is 0 Å². The maximum absolute atomic E-state index is 12.8. The highest BCUT2D eigenvalue weighted by Gasteiger charge is 2.49. The highest BCUT2D eigenvalue weighted by molar-refractivity contribution is 9.10. The third kappa shape index (κ3) is 2.77. The fourth-order valence-electron chi connectivity index (χ4n) is 1.10. The highest BCUT2D eigenvalue weighted by atomic mass is 79.9. The second-order valence-electron chi connectivity index (χ2n) is 3.10. The lowest BCUT2D eigenvalue weighted by Gasteiger charge is -2.14. The molecule has 7 heteroatoms. The van der Waals surface area contributed by atoms with E-state index in [2.05, 4.69) is 15.9 Å². The first-order chi connectivity index (χ1) is 7.80. The number of hydrogen-bond acceptors (Lipinski definition) is 2. The zero-order valence-electron chi connectivity index (χ0n) is 8.52. The molecule has 0 aliphatic rings. The Labute approximate surface area is 103 Å². The zero-order chi connectivity index (χ0) is 13.2. The number of ether oxygens (including phenoxy) is 1. The molecule has 1 aromatic carbocycles. The second kappa shape index (κ2) is 5.03. The van der Waals surface area contributed by atoms with Crippen molar-refractivity contribution in [1.82, 2.24) is 0 Å². The summed E-state index contributed by atoms with van der Waals surface area (Å²) >= 11 is 2.97. The number of halogens is 5. The third-order valence-electron chi connectivity index (χ3n) is 1.99. The molecule has 0 aromatic heterocycles. The average molecular weight is 315 g/mol. The summed E-state index contributed by atoms with van der Waals surface area (Å²) < 4.78 is 54.6. The van der Waals surface area contributed by atoms with Gasteiger partial charge in [0.1, 0.15) is 5.75 Å². The number of rotatable bonds is 4. The number of carbonyl (C=O) groups is 1. The Balaban J connectivity index is 3.10. The topological polar surface area (TPSA) is 26.3 Å². The molecule has 0 radical (unpaired) electrons. The number of methoxy groups -OCH3 is 1. The van der Waals surface area contributed by atoms with Crippen LogP contribution in [0, 0.1) is 0 Å². The van der Waals surface area contributed by atoms with Gasteiger partial charge in [-0.1, -0.05) is 0 Å². The summed E-state index contributed by atoms with van der Waals surface area (Å²) in [5, 5.41) is 0. The SMILES string of the molecule is COc1ccc(C(=O)C(F)(F)C(F)F)cc1Br. The molecule has 2 nitrogen and oxygen atoms in total. The monoisotopic (exact) mass is 314 g/mol. The quantitative estimate of drug-likeness (QED) is 0.627. The number of hydrogen-bond donors (Lipinski definition) is 0. The van der Waals surface area contributed by atoms with E-state index < -0.39 is 23.7 Å². The van der Waals surface area contributed by atoms with Gasteiger partial charge in [-0.3, -0.25) is 4.79 Å². The molecule has 17 heavy (non-hydrogen) atoms. The van der Waals surface area contributed by atoms with Gasteiger partial charge < -0.3 is 4.74 Å². The summed E-state index contributed by atoms with van der Waals surface area (Å²) in [5.41, 5.74) is -0.511. The van der Waals surface area contributed by atoms with Crippen molar-refractivity contribution in [1.29, 1.82) is 0 Å². The maximum atomic E-state index is 12.8. The zero-order valence-corrected chi connectivity index (χ0v) is 10.1. The van der Waals surface area contributed by atoms with E-state index >= 15 is 0 Å². The van der Waals surface area contributed by atoms with Crippen molar-refractivity contribution < 1.29 is 27.1 Å². The van der Waals surface area contributed by atoms with E-state index in [4.69, 9.17) is 4.74 Å². The van der Waals surface area contributed by atoms with Crippen molar-refractivity contribution in [3.8, 4) is 5.75 Å². The van der Waals surface area contributed by atoms with Crippen LogP contribution in [-0.2, 0) is 0 Å². The molecule has 0 unspecified atom stereocenters. The Morgan fingerprint density at radius 1 is 1.41 bits per heavy atom. The molecule has 1 rings (SSSR count). The van der Waals surface area contributed by atoms with E-state index in [1.165, 1.54) is 13.2 Å². The van der Waals surface area contributed by atoms with Crippen LogP contribution in [0.3, 0.4) is 0 Å². The summed E-state index contributed by atoms with van der Waals surface area (Å²) in [6.45, 7) is 0. The van der Waals surface area contributed by atoms with Crippen LogP contribution in [0.1, 0.15) is 10.4 Å². The van der Waals surface area contributed by atoms with Gasteiger partial charge in [-0.2, -0.15) is 8.78 Å². The lowest BCUT2D eigenvalue weighted by Crippen LogP contribution is -2.36. The second-order valence-corrected chi connectivity index (χ2v) is 3.96. The molecular formula is C10H7BrF4O2. The van der Waals surface area contributed by atoms with Crippen molar-refractivity contribution in [2.24, 2.45) is 0 Å². The normalized spacial score (nSPS) is 11.7. The van der Waals surface area contributed by atoms with Crippen molar-refractivity contribution in [3.63, 3.8) is 0 Å². The van der Waals surface area contributed by atoms with Gasteiger partial charge in [-0.15, -0.1) is 0 Å². The van der Waals surface area contributed by atoms with Crippen molar-refractivity contribution in [3.05, 3.63) is 28.2 Å². The minimum absolute atomic E-state index is 0.232. The van der Waals surface area contributed by atoms with Gasteiger partial charge in [0, 0.05) is 5.56 Å². The maximum Gasteiger partial charge on any atom is 0.368 e. The minimum atomic E-state index is -4.69. The van der Waals surface area contributed by atoms with E-state index in [9.17, 15) is 22.4 Å². The number of ketones is 1. The first-order valence-electron chi connectivity index (χ1n) is 4.35. The fraction of sp³-hybridized carbons (Fsp3) is 0.300. The minimum Gasteiger partial charge on any atom is -0.496 e. The largest absolute Gasteiger partial charge is 0.496 e. The molecule has 0 saturated heterocycles. The van der Waals surface area contributed by atoms with Crippen LogP contribution in [0.5, 0.6) is 5.75 Å². The number of benzene rings is 1. The van der Waals surface area contributed by atoms with Crippen molar-refractivity contribution in [2.45, 2.75) is 12.3 Å². The Morgan fingerprint density at radius 3 is 2.41 bits per heavy atom. The van der Waals surface area contributed by atoms with Crippen LogP contribution in [0.15, 0.2) is 22.7 Å². The smallest absolute Gasteiger partial charge is 0.368 e. The molecule has 0 saturated carbocycles. The lowest BCUT2D eigenvalue weighted by molar-refractivity contribution is -0.0958. The van der Waals surface area contributed by atoms with E-state index in [0.717, 1.165) is 12.1 Å². The Morgan fingerprint density at radius 2 is 2.00 bits per heavy atom. The van der Waals surface area contributed by atoms with Gasteiger partial charge in [-0.25, -0.2) is 8.78 Å². The molecule has 94 valence electrons. The lowest BCUT2D eigenvalue weighted by atomic mass is 10.1. The van der Waals surface area contributed by atoms with Gasteiger partial charge in [-0.05, 0) is 34.1 Å². The van der Waals surface area contributed by atoms with Crippen LogP contribution < -0.4 is 4.74 Å². The summed E-state index contributed by atoms with van der Waals surface area (Å²) in [6, 6.07) is 3.25. The van der Waals surface area contributed by atoms with E-state index in [-0.39, 0.29) is 4.47 Å². The van der Waals surface area contributed by atoms with Gasteiger partial charge in [0.2, 0.25) is 5.78 Å². The molecule has 0 spiro atoms. The van der Waals surface area contributed by atoms with Gasteiger partial charge in [0.05, 0.1) is 11.6 Å². The molecule has 0 amide bonds. The number of carbonyl (C=O) groups excluding carboxylic acids is 1. The van der Waals surface area contributed by atoms with Gasteiger partial charge >= 0.3 is 12.3 Å². The van der Waals surface area contributed by atoms with E-state index in [1.54, 1.807) is 0 Å². The summed E-state index contributed by atoms with van der Waals surface area (Å²) in [4.78, 5) is 11.2. The molecule has 0 heterocycles. The molecule has 1 aromatic rings. The van der Waals surface area contributed by atoms with Crippen LogP contribution in [0.4, 0.5) is 17.6 Å². The molecule has 0 aliphatic carbocycles. The molecule has 0 atom stereocenters. The summed E-state index contributed by atoms with van der Waals surface area (Å²) in [7, 11) is 1.34. The van der Waals surface area contributed by atoms with Gasteiger partial charge in [0.15, 0.2) is 0 Å². The van der Waals surface area contributed by atoms with Crippen molar-refractivity contribution >= 4 is 21.7 Å². The standard InChI is InChI=1S/C10H7BrF4O2/c1-17-7-3-2-5(4-6(7)11)8(16)10(14,15)9(12)13/h2-4,9H,1H3. The molecule has 0 bridgehead atoms. The van der Waals surface area contributed by atoms with Crippen molar-refractivity contribution in [2.75, 3.05) is 7.11 Å². The molecular weight excluding hydrogens is 308 g/mol. The number of alkyl halides is 4. The highest BCUT2D eigenvalue weighted by Crippen LogP contribution is 2.31. The van der Waals surface area contributed by atoms with Crippen LogP contribution in [0.25, 0.3) is 0 Å². The average Bonchev–Trinajstić information content (AvgIpc) is 2.27.